The van der Waals surface area contributed by atoms with E-state index >= 15 is 0 Å². The molecule has 1 aromatic carbocycles. The minimum atomic E-state index is -0.593. The van der Waals surface area contributed by atoms with Crippen molar-refractivity contribution >= 4 is 27.5 Å². The van der Waals surface area contributed by atoms with Gasteiger partial charge in [-0.1, -0.05) is 0 Å². The molecule has 1 aliphatic rings. The number of amides is 1. The Balaban J connectivity index is 2.40. The molecule has 0 saturated heterocycles. The van der Waals surface area contributed by atoms with Gasteiger partial charge in [0, 0.05) is 17.3 Å². The van der Waals surface area contributed by atoms with Crippen LogP contribution in [0.1, 0.15) is 32.4 Å². The monoisotopic (exact) mass is 298 g/mol. The third kappa shape index (κ3) is 2.45. The van der Waals surface area contributed by atoms with Crippen LogP contribution in [0.5, 0.6) is 5.75 Å². The fourth-order valence-electron chi connectivity index (χ4n) is 1.69. The number of nitrogens with one attached hydrogen (secondary N) is 1. The number of carbonyl (C=O) groups is 1. The fraction of sp³-hybridized carbons (Fsp3) is 0.417. The molecular weight excluding hydrogens is 284 g/mol. The Morgan fingerprint density at radius 3 is 2.65 bits per heavy atom. The van der Waals surface area contributed by atoms with E-state index in [2.05, 4.69) is 21.2 Å². The molecule has 0 radical (unpaired) electrons. The van der Waals surface area contributed by atoms with Crippen LogP contribution in [0.3, 0.4) is 0 Å². The molecule has 1 atom stereocenters. The van der Waals surface area contributed by atoms with Gasteiger partial charge >= 0.3 is 0 Å². The van der Waals surface area contributed by atoms with Gasteiger partial charge in [-0.05, 0) is 42.8 Å². The summed E-state index contributed by atoms with van der Waals surface area (Å²) in [6.45, 7) is 5.91. The predicted octanol–water partition coefficient (Wildman–Crippen LogP) is 2.58. The largest absolute Gasteiger partial charge is 0.487 e. The Labute approximate surface area is 109 Å². The number of halogens is 1. The molecule has 5 heteroatoms. The maximum absolute atomic E-state index is 11.4. The van der Waals surface area contributed by atoms with Crippen molar-refractivity contribution in [1.82, 2.24) is 0 Å². The molecule has 0 bridgehead atoms. The molecule has 1 unspecified atom stereocenters. The van der Waals surface area contributed by atoms with Crippen molar-refractivity contribution in [2.45, 2.75) is 32.4 Å². The summed E-state index contributed by atoms with van der Waals surface area (Å²) in [5.74, 6) is 0.519. The van der Waals surface area contributed by atoms with Gasteiger partial charge in [-0.2, -0.15) is 0 Å². The summed E-state index contributed by atoms with van der Waals surface area (Å²) in [4.78, 5) is 11.4. The summed E-state index contributed by atoms with van der Waals surface area (Å²) in [5, 5.41) is 2.74. The highest BCUT2D eigenvalue weighted by atomic mass is 79.9. The second kappa shape index (κ2) is 3.99. The molecule has 3 N–H and O–H groups in total. The van der Waals surface area contributed by atoms with Crippen molar-refractivity contribution in [2.24, 2.45) is 5.73 Å². The van der Waals surface area contributed by atoms with Crippen molar-refractivity contribution in [3.05, 3.63) is 22.2 Å². The number of anilines is 1. The SMILES string of the molecule is CC(C)(C)Oc1cc2c(cc1Br)C(N)C(=O)N2. The summed E-state index contributed by atoms with van der Waals surface area (Å²) < 4.78 is 6.59. The number of fused-ring (bicyclic) bond motifs is 1. The molecule has 92 valence electrons. The van der Waals surface area contributed by atoms with Crippen LogP contribution in [-0.2, 0) is 4.79 Å². The van der Waals surface area contributed by atoms with Gasteiger partial charge in [0.15, 0.2) is 0 Å². The van der Waals surface area contributed by atoms with Crippen LogP contribution >= 0.6 is 15.9 Å². The zero-order valence-corrected chi connectivity index (χ0v) is 11.6. The summed E-state index contributed by atoms with van der Waals surface area (Å²) >= 11 is 3.43. The normalized spacial score (nSPS) is 18.9. The van der Waals surface area contributed by atoms with Gasteiger partial charge in [0.25, 0.3) is 0 Å². The number of hydrogen-bond donors (Lipinski definition) is 2. The first kappa shape index (κ1) is 12.4. The van der Waals surface area contributed by atoms with Gasteiger partial charge in [0.05, 0.1) is 4.47 Å². The summed E-state index contributed by atoms with van der Waals surface area (Å²) in [5.41, 5.74) is 6.99. The lowest BCUT2D eigenvalue weighted by Crippen LogP contribution is -2.23. The van der Waals surface area contributed by atoms with E-state index < -0.39 is 6.04 Å². The van der Waals surface area contributed by atoms with Crippen molar-refractivity contribution < 1.29 is 9.53 Å². The molecule has 1 aromatic rings. The molecule has 4 nitrogen and oxygen atoms in total. The average Bonchev–Trinajstić information content (AvgIpc) is 2.43. The lowest BCUT2D eigenvalue weighted by molar-refractivity contribution is -0.116. The van der Waals surface area contributed by atoms with Crippen LogP contribution < -0.4 is 15.8 Å². The maximum Gasteiger partial charge on any atom is 0.245 e. The first-order chi connectivity index (χ1) is 7.78. The fourth-order valence-corrected chi connectivity index (χ4v) is 2.14. The van der Waals surface area contributed by atoms with E-state index in [-0.39, 0.29) is 11.5 Å². The third-order valence-electron chi connectivity index (χ3n) is 2.40. The van der Waals surface area contributed by atoms with E-state index in [9.17, 15) is 4.79 Å². The molecule has 1 aliphatic heterocycles. The minimum Gasteiger partial charge on any atom is -0.487 e. The van der Waals surface area contributed by atoms with Gasteiger partial charge in [-0.25, -0.2) is 0 Å². The van der Waals surface area contributed by atoms with Crippen molar-refractivity contribution in [3.63, 3.8) is 0 Å². The van der Waals surface area contributed by atoms with Crippen LogP contribution in [0.4, 0.5) is 5.69 Å². The van der Waals surface area contributed by atoms with Gasteiger partial charge in [0.2, 0.25) is 5.91 Å². The van der Waals surface area contributed by atoms with Crippen LogP contribution in [0.25, 0.3) is 0 Å². The number of ether oxygens (including phenoxy) is 1. The first-order valence-corrected chi connectivity index (χ1v) is 6.16. The lowest BCUT2D eigenvalue weighted by Gasteiger charge is -2.22. The molecule has 0 fully saturated rings. The third-order valence-corrected chi connectivity index (χ3v) is 3.02. The van der Waals surface area contributed by atoms with Crippen LogP contribution in [-0.4, -0.2) is 11.5 Å². The van der Waals surface area contributed by atoms with Gasteiger partial charge < -0.3 is 15.8 Å². The Morgan fingerprint density at radius 2 is 2.06 bits per heavy atom. The number of nitrogens with two attached hydrogens (primary N) is 1. The molecule has 2 rings (SSSR count). The van der Waals surface area contributed by atoms with Crippen molar-refractivity contribution in [3.8, 4) is 5.75 Å². The van der Waals surface area contributed by atoms with E-state index in [0.29, 0.717) is 5.75 Å². The van der Waals surface area contributed by atoms with Gasteiger partial charge in [-0.3, -0.25) is 4.79 Å². The van der Waals surface area contributed by atoms with Gasteiger partial charge in [0.1, 0.15) is 17.4 Å². The Hall–Kier alpha value is -1.07. The first-order valence-electron chi connectivity index (χ1n) is 5.37. The molecule has 17 heavy (non-hydrogen) atoms. The van der Waals surface area contributed by atoms with Crippen molar-refractivity contribution in [2.75, 3.05) is 5.32 Å². The van der Waals surface area contributed by atoms with E-state index in [4.69, 9.17) is 10.5 Å². The predicted molar refractivity (Wildman–Crippen MR) is 70.1 cm³/mol. The number of carbonyl (C=O) groups excluding carboxylic acids is 1. The Kier molecular flexibility index (Phi) is 2.91. The number of hydrogen-bond acceptors (Lipinski definition) is 3. The maximum atomic E-state index is 11.4. The Morgan fingerprint density at radius 1 is 1.41 bits per heavy atom. The second-order valence-corrected chi connectivity index (χ2v) is 5.91. The van der Waals surface area contributed by atoms with Gasteiger partial charge in [-0.15, -0.1) is 0 Å². The molecule has 0 aliphatic carbocycles. The zero-order valence-electron chi connectivity index (χ0n) is 10.0. The van der Waals surface area contributed by atoms with E-state index in [1.165, 1.54) is 0 Å². The molecule has 1 amide bonds. The Bertz CT molecular complexity index is 480. The van der Waals surface area contributed by atoms with E-state index in [1.54, 1.807) is 6.07 Å². The van der Waals surface area contributed by atoms with E-state index in [0.717, 1.165) is 15.7 Å². The minimum absolute atomic E-state index is 0.181. The molecule has 0 aromatic heterocycles. The average molecular weight is 299 g/mol. The van der Waals surface area contributed by atoms with Crippen LogP contribution in [0.2, 0.25) is 0 Å². The summed E-state index contributed by atoms with van der Waals surface area (Å²) in [7, 11) is 0. The zero-order chi connectivity index (χ0) is 12.8. The highest BCUT2D eigenvalue weighted by Gasteiger charge is 2.29. The lowest BCUT2D eigenvalue weighted by atomic mass is 10.1. The highest BCUT2D eigenvalue weighted by Crippen LogP contribution is 2.38. The molecule has 0 saturated carbocycles. The highest BCUT2D eigenvalue weighted by molar-refractivity contribution is 9.10. The summed E-state index contributed by atoms with van der Waals surface area (Å²) in [6.07, 6.45) is 0. The van der Waals surface area contributed by atoms with Crippen LogP contribution in [0.15, 0.2) is 16.6 Å². The smallest absolute Gasteiger partial charge is 0.245 e. The molecule has 0 spiro atoms. The van der Waals surface area contributed by atoms with Crippen LogP contribution in [0, 0.1) is 0 Å². The topological polar surface area (TPSA) is 64.3 Å². The van der Waals surface area contributed by atoms with E-state index in [1.807, 2.05) is 26.8 Å². The number of benzene rings is 1. The summed E-state index contributed by atoms with van der Waals surface area (Å²) in [6, 6.07) is 3.04. The molecular formula is C12H15BrN2O2. The number of rotatable bonds is 1. The second-order valence-electron chi connectivity index (χ2n) is 5.05. The molecule has 1 heterocycles. The quantitative estimate of drug-likeness (QED) is 0.837. The standard InChI is InChI=1S/C12H15BrN2O2/c1-12(2,3)17-9-5-8-6(4-7(9)13)10(14)11(16)15-8/h4-5,10H,14H2,1-3H3,(H,15,16). The van der Waals surface area contributed by atoms with Crippen molar-refractivity contribution in [1.29, 1.82) is 0 Å².